The molecule has 0 radical (unpaired) electrons. The number of nitrogen functional groups attached to an aromatic ring is 1. The molecule has 1 fully saturated rings. The Kier molecular flexibility index (Phi) is 5.69. The number of carbonyl (C=O) groups excluding carboxylic acids is 2. The first-order chi connectivity index (χ1) is 14.4. The first-order valence-corrected chi connectivity index (χ1v) is 10.6. The number of amides is 2. The lowest BCUT2D eigenvalue weighted by atomic mass is 10.1. The lowest BCUT2D eigenvalue weighted by Gasteiger charge is -2.38. The van der Waals surface area contributed by atoms with Crippen molar-refractivity contribution in [1.82, 2.24) is 19.8 Å². The second kappa shape index (κ2) is 8.41. The van der Waals surface area contributed by atoms with E-state index in [9.17, 15) is 9.59 Å². The molecule has 1 aromatic carbocycles. The van der Waals surface area contributed by atoms with E-state index in [2.05, 4.69) is 9.97 Å². The van der Waals surface area contributed by atoms with Crippen LogP contribution < -0.4 is 5.73 Å². The standard InChI is InChI=1S/C21H20ClN5O2S/c1-13-21(29)26(11-14-2-5-16-17(10-14)24-12-25-20(16)23)8-9-27(13)19(28)7-4-15-3-6-18(22)30-15/h2-7,10,12-13H,8-9,11H2,1H3,(H2,23,24,25). The summed E-state index contributed by atoms with van der Waals surface area (Å²) in [5, 5.41) is 0.787. The third kappa shape index (κ3) is 4.15. The highest BCUT2D eigenvalue weighted by Gasteiger charge is 2.33. The average molecular weight is 442 g/mol. The number of fused-ring (bicyclic) bond motifs is 1. The summed E-state index contributed by atoms with van der Waals surface area (Å²) in [4.78, 5) is 38.0. The van der Waals surface area contributed by atoms with E-state index in [0.29, 0.717) is 29.8 Å². The monoisotopic (exact) mass is 441 g/mol. The Hall–Kier alpha value is -2.97. The van der Waals surface area contributed by atoms with Gasteiger partial charge in [-0.3, -0.25) is 9.59 Å². The number of aromatic nitrogens is 2. The zero-order valence-corrected chi connectivity index (χ0v) is 17.9. The molecule has 0 aliphatic carbocycles. The van der Waals surface area contributed by atoms with E-state index in [1.54, 1.807) is 28.9 Å². The summed E-state index contributed by atoms with van der Waals surface area (Å²) >= 11 is 7.31. The maximum Gasteiger partial charge on any atom is 0.247 e. The van der Waals surface area contributed by atoms with Crippen LogP contribution in [0, 0.1) is 0 Å². The molecule has 1 atom stereocenters. The predicted molar refractivity (Wildman–Crippen MR) is 119 cm³/mol. The lowest BCUT2D eigenvalue weighted by Crippen LogP contribution is -2.56. The Morgan fingerprint density at radius 2 is 2.13 bits per heavy atom. The molecular formula is C21H20ClN5O2S. The highest BCUT2D eigenvalue weighted by Crippen LogP contribution is 2.23. The lowest BCUT2D eigenvalue weighted by molar-refractivity contribution is -0.148. The van der Waals surface area contributed by atoms with E-state index in [4.69, 9.17) is 17.3 Å². The minimum atomic E-state index is -0.527. The van der Waals surface area contributed by atoms with Crippen molar-refractivity contribution in [3.63, 3.8) is 0 Å². The van der Waals surface area contributed by atoms with Crippen molar-refractivity contribution in [2.24, 2.45) is 0 Å². The average Bonchev–Trinajstić information content (AvgIpc) is 3.15. The van der Waals surface area contributed by atoms with Crippen molar-refractivity contribution in [3.8, 4) is 0 Å². The van der Waals surface area contributed by atoms with Gasteiger partial charge in [0.25, 0.3) is 0 Å². The topological polar surface area (TPSA) is 92.4 Å². The molecule has 154 valence electrons. The van der Waals surface area contributed by atoms with Crippen LogP contribution in [-0.2, 0) is 16.1 Å². The van der Waals surface area contributed by atoms with E-state index >= 15 is 0 Å². The molecule has 1 unspecified atom stereocenters. The van der Waals surface area contributed by atoms with Gasteiger partial charge in [0, 0.05) is 36.0 Å². The van der Waals surface area contributed by atoms with E-state index in [1.165, 1.54) is 23.7 Å². The minimum absolute atomic E-state index is 0.0792. The number of benzene rings is 1. The number of halogens is 1. The zero-order valence-electron chi connectivity index (χ0n) is 16.3. The van der Waals surface area contributed by atoms with Crippen LogP contribution in [0.5, 0.6) is 0 Å². The quantitative estimate of drug-likeness (QED) is 0.627. The van der Waals surface area contributed by atoms with Crippen LogP contribution in [0.4, 0.5) is 5.82 Å². The van der Waals surface area contributed by atoms with Gasteiger partial charge in [0.2, 0.25) is 11.8 Å². The number of carbonyl (C=O) groups is 2. The summed E-state index contributed by atoms with van der Waals surface area (Å²) < 4.78 is 0.669. The highest BCUT2D eigenvalue weighted by atomic mass is 35.5. The number of nitrogens with zero attached hydrogens (tertiary/aromatic N) is 4. The molecule has 7 nitrogen and oxygen atoms in total. The number of thiophene rings is 1. The summed E-state index contributed by atoms with van der Waals surface area (Å²) in [6.45, 7) is 3.16. The molecule has 30 heavy (non-hydrogen) atoms. The first-order valence-electron chi connectivity index (χ1n) is 9.44. The smallest absolute Gasteiger partial charge is 0.247 e. The van der Waals surface area contributed by atoms with Crippen LogP contribution >= 0.6 is 22.9 Å². The van der Waals surface area contributed by atoms with Gasteiger partial charge >= 0.3 is 0 Å². The minimum Gasteiger partial charge on any atom is -0.383 e. The van der Waals surface area contributed by atoms with Crippen LogP contribution in [0.2, 0.25) is 4.34 Å². The molecule has 1 aliphatic rings. The van der Waals surface area contributed by atoms with Gasteiger partial charge in [-0.25, -0.2) is 9.97 Å². The fourth-order valence-corrected chi connectivity index (χ4v) is 4.46. The highest BCUT2D eigenvalue weighted by molar-refractivity contribution is 7.17. The van der Waals surface area contributed by atoms with Gasteiger partial charge in [-0.2, -0.15) is 0 Å². The summed E-state index contributed by atoms with van der Waals surface area (Å²) in [5.41, 5.74) is 7.57. The van der Waals surface area contributed by atoms with Gasteiger partial charge < -0.3 is 15.5 Å². The third-order valence-corrected chi connectivity index (χ3v) is 6.32. The normalized spacial score (nSPS) is 17.3. The Morgan fingerprint density at radius 1 is 1.30 bits per heavy atom. The molecule has 1 saturated heterocycles. The van der Waals surface area contributed by atoms with Crippen molar-refractivity contribution in [2.75, 3.05) is 18.8 Å². The Bertz CT molecular complexity index is 1150. The van der Waals surface area contributed by atoms with Crippen LogP contribution in [-0.4, -0.2) is 50.7 Å². The molecule has 1 aliphatic heterocycles. The van der Waals surface area contributed by atoms with Crippen molar-refractivity contribution in [3.05, 3.63) is 57.5 Å². The van der Waals surface area contributed by atoms with Gasteiger partial charge in [0.05, 0.1) is 9.85 Å². The molecule has 9 heteroatoms. The van der Waals surface area contributed by atoms with E-state index in [-0.39, 0.29) is 11.8 Å². The van der Waals surface area contributed by atoms with Crippen LogP contribution in [0.15, 0.2) is 42.7 Å². The summed E-state index contributed by atoms with van der Waals surface area (Å²) in [6, 6.07) is 8.82. The number of hydrogen-bond donors (Lipinski definition) is 1. The van der Waals surface area contributed by atoms with Gasteiger partial charge in [-0.15, -0.1) is 11.3 Å². The molecule has 2 aromatic heterocycles. The molecule has 0 spiro atoms. The van der Waals surface area contributed by atoms with Crippen molar-refractivity contribution in [2.45, 2.75) is 19.5 Å². The molecule has 4 rings (SSSR count). The number of hydrogen-bond acceptors (Lipinski definition) is 6. The molecule has 0 bridgehead atoms. The van der Waals surface area contributed by atoms with Gasteiger partial charge in [-0.1, -0.05) is 17.7 Å². The maximum absolute atomic E-state index is 12.9. The van der Waals surface area contributed by atoms with Gasteiger partial charge in [0.1, 0.15) is 18.2 Å². The van der Waals surface area contributed by atoms with E-state index in [0.717, 1.165) is 21.3 Å². The van der Waals surface area contributed by atoms with Crippen LogP contribution in [0.25, 0.3) is 17.0 Å². The van der Waals surface area contributed by atoms with E-state index in [1.807, 2.05) is 24.3 Å². The van der Waals surface area contributed by atoms with Crippen LogP contribution in [0.3, 0.4) is 0 Å². The Labute approximate surface area is 182 Å². The predicted octanol–water partition coefficient (Wildman–Crippen LogP) is 3.20. The molecular weight excluding hydrogens is 422 g/mol. The maximum atomic E-state index is 12.9. The summed E-state index contributed by atoms with van der Waals surface area (Å²) in [5.74, 6) is 0.170. The molecule has 3 aromatic rings. The second-order valence-corrected chi connectivity index (χ2v) is 8.80. The first kappa shape index (κ1) is 20.3. The molecule has 3 heterocycles. The van der Waals surface area contributed by atoms with Gasteiger partial charge in [0.15, 0.2) is 0 Å². The third-order valence-electron chi connectivity index (χ3n) is 5.12. The Balaban J connectivity index is 1.43. The number of nitrogens with two attached hydrogens (primary N) is 1. The van der Waals surface area contributed by atoms with Crippen molar-refractivity contribution >= 4 is 57.5 Å². The number of piperazine rings is 1. The summed E-state index contributed by atoms with van der Waals surface area (Å²) in [6.07, 6.45) is 4.65. The summed E-state index contributed by atoms with van der Waals surface area (Å²) in [7, 11) is 0. The fourth-order valence-electron chi connectivity index (χ4n) is 3.50. The number of anilines is 1. The Morgan fingerprint density at radius 3 is 2.90 bits per heavy atom. The molecule has 2 amide bonds. The largest absolute Gasteiger partial charge is 0.383 e. The number of rotatable bonds is 4. The van der Waals surface area contributed by atoms with E-state index < -0.39 is 6.04 Å². The van der Waals surface area contributed by atoms with Crippen LogP contribution in [0.1, 0.15) is 17.4 Å². The molecule has 0 saturated carbocycles. The van der Waals surface area contributed by atoms with Crippen molar-refractivity contribution in [1.29, 1.82) is 0 Å². The fraction of sp³-hybridized carbons (Fsp3) is 0.238. The molecule has 2 N–H and O–H groups in total. The zero-order chi connectivity index (χ0) is 21.3. The van der Waals surface area contributed by atoms with Crippen molar-refractivity contribution < 1.29 is 9.59 Å². The SMILES string of the molecule is CC1C(=O)N(Cc2ccc3c(N)ncnc3c2)CCN1C(=O)C=Cc1ccc(Cl)s1. The van der Waals surface area contributed by atoms with Gasteiger partial charge in [-0.05, 0) is 42.8 Å². The second-order valence-electron chi connectivity index (χ2n) is 7.05.